The Hall–Kier alpha value is -12.7. The first-order valence-corrected chi connectivity index (χ1v) is 36.0. The predicted octanol–water partition coefficient (Wildman–Crippen LogP) is 27.3. The fourth-order valence-electron chi connectivity index (χ4n) is 16.2. The molecule has 14 aromatic carbocycles. The maximum Gasteiger partial charge on any atom is 0.160 e. The molecule has 5 nitrogen and oxygen atoms in total. The summed E-state index contributed by atoms with van der Waals surface area (Å²) in [6, 6.07) is 99.2. The van der Waals surface area contributed by atoms with Crippen molar-refractivity contribution in [1.82, 2.24) is 0 Å². The second-order valence-corrected chi connectivity index (χ2v) is 29.8. The van der Waals surface area contributed by atoms with Gasteiger partial charge in [0.2, 0.25) is 0 Å². The van der Waals surface area contributed by atoms with Gasteiger partial charge in [-0.2, -0.15) is 0 Å². The summed E-state index contributed by atoms with van der Waals surface area (Å²) in [7, 11) is 0. The highest BCUT2D eigenvalue weighted by Crippen LogP contribution is 2.61. The molecule has 1 heterocycles. The molecule has 9 heteroatoms. The third-order valence-corrected chi connectivity index (χ3v) is 21.5. The number of nitrogens with zero attached hydrogens (tertiary/aromatic N) is 2. The van der Waals surface area contributed by atoms with Crippen molar-refractivity contribution < 1.29 is 31.5 Å². The van der Waals surface area contributed by atoms with E-state index in [0.717, 1.165) is 90.0 Å². The molecule has 0 bridgehead atoms. The number of para-hydroxylation sites is 2. The average Bonchev–Trinajstić information content (AvgIpc) is 1.55. The number of furan rings is 1. The van der Waals surface area contributed by atoms with Gasteiger partial charge in [0.1, 0.15) is 23.0 Å². The summed E-state index contributed by atoms with van der Waals surface area (Å²) in [5, 5.41) is 1.42. The monoisotopic (exact) mass is 1400 g/mol. The van der Waals surface area contributed by atoms with Crippen LogP contribution in [0.2, 0.25) is 0 Å². The summed E-state index contributed by atoms with van der Waals surface area (Å²) >= 11 is 0. The minimum absolute atomic E-state index is 0.138. The third kappa shape index (κ3) is 11.4. The van der Waals surface area contributed by atoms with E-state index >= 15 is 17.6 Å². The van der Waals surface area contributed by atoms with Crippen molar-refractivity contribution in [3.05, 3.63) is 407 Å². The summed E-state index contributed by atoms with van der Waals surface area (Å²) in [5.41, 5.74) is 18.2. The Morgan fingerprint density at radius 3 is 0.981 bits per heavy atom. The summed E-state index contributed by atoms with van der Waals surface area (Å²) in [6.45, 7) is 21.1. The summed E-state index contributed by atoms with van der Waals surface area (Å²) in [4.78, 5) is 3.85. The Kier molecular flexibility index (Phi) is 16.5. The van der Waals surface area contributed by atoms with E-state index in [1.807, 2.05) is 131 Å². The molecule has 0 amide bonds. The van der Waals surface area contributed by atoms with Crippen LogP contribution in [-0.2, 0) is 21.7 Å². The van der Waals surface area contributed by atoms with Crippen molar-refractivity contribution in [1.29, 1.82) is 0 Å². The lowest BCUT2D eigenvalue weighted by molar-refractivity contribution is 0.482. The van der Waals surface area contributed by atoms with Gasteiger partial charge in [-0.25, -0.2) is 17.6 Å². The van der Waals surface area contributed by atoms with Gasteiger partial charge >= 0.3 is 0 Å². The zero-order valence-electron chi connectivity index (χ0n) is 60.1. The van der Waals surface area contributed by atoms with Gasteiger partial charge < -0.3 is 23.7 Å². The lowest BCUT2D eigenvalue weighted by Gasteiger charge is -2.35. The van der Waals surface area contributed by atoms with E-state index in [2.05, 4.69) is 200 Å². The van der Waals surface area contributed by atoms with Crippen LogP contribution in [0.4, 0.5) is 51.7 Å². The molecule has 1 aromatic heterocycles. The summed E-state index contributed by atoms with van der Waals surface area (Å²) in [5.74, 6) is -1.36. The van der Waals surface area contributed by atoms with Gasteiger partial charge in [-0.1, -0.05) is 249 Å². The van der Waals surface area contributed by atoms with E-state index in [-0.39, 0.29) is 10.8 Å². The number of rotatable bonds is 16. The first-order valence-electron chi connectivity index (χ1n) is 36.0. The van der Waals surface area contributed by atoms with Crippen molar-refractivity contribution in [3.63, 3.8) is 0 Å². The first kappa shape index (κ1) is 67.5. The van der Waals surface area contributed by atoms with Crippen LogP contribution in [0.25, 0.3) is 56.3 Å². The highest BCUT2D eigenvalue weighted by atomic mass is 19.2. The van der Waals surface area contributed by atoms with E-state index in [4.69, 9.17) is 13.9 Å². The number of benzene rings is 14. The Morgan fingerprint density at radius 2 is 0.636 bits per heavy atom. The quantitative estimate of drug-likeness (QED) is 0.0902. The molecular formula is C98H74F4N2O3. The predicted molar refractivity (Wildman–Crippen MR) is 428 cm³/mol. The van der Waals surface area contributed by atoms with Crippen LogP contribution >= 0.6 is 0 Å². The average molecular weight is 1400 g/mol. The molecular weight excluding hydrogens is 1330 g/mol. The van der Waals surface area contributed by atoms with Crippen LogP contribution in [0.3, 0.4) is 0 Å². The fourth-order valence-corrected chi connectivity index (χ4v) is 16.2. The number of anilines is 6. The van der Waals surface area contributed by atoms with Crippen LogP contribution in [0, 0.1) is 23.3 Å². The van der Waals surface area contributed by atoms with Crippen LogP contribution in [0.15, 0.2) is 321 Å². The van der Waals surface area contributed by atoms with Gasteiger partial charge in [0.05, 0.1) is 22.2 Å². The van der Waals surface area contributed by atoms with Crippen LogP contribution in [0.5, 0.6) is 23.0 Å². The molecule has 2 aliphatic rings. The van der Waals surface area contributed by atoms with Gasteiger partial charge in [-0.15, -0.1) is 0 Å². The van der Waals surface area contributed by atoms with Crippen molar-refractivity contribution in [3.8, 4) is 45.3 Å². The molecule has 2 unspecified atom stereocenters. The van der Waals surface area contributed by atoms with Gasteiger partial charge in [0.25, 0.3) is 0 Å². The third-order valence-electron chi connectivity index (χ3n) is 21.5. The van der Waals surface area contributed by atoms with Gasteiger partial charge in [0.15, 0.2) is 34.4 Å². The molecule has 0 spiro atoms. The molecule has 0 saturated heterocycles. The van der Waals surface area contributed by atoms with E-state index in [0.29, 0.717) is 79.1 Å². The maximum atomic E-state index is 16.3. The van der Waals surface area contributed by atoms with E-state index < -0.39 is 34.1 Å². The SMILES string of the molecule is C=Cc1ccc(Oc2ccc(C3(c4ccc(C(C)(C)C)cc4)c4ccccc4-c4ccc(N(c5ccc(F)c(F)c5)c5cccc6c5oc5c(N(c7ccc(F)c(F)c7)c7ccc8c(c7)C(c7ccc(Oc9ccc(C=C)cc9)cc7)(c7ccc(C(C)(C)C)cc7)c7ccccc7-8)cccc56)cc43)cc2)cc1. The summed E-state index contributed by atoms with van der Waals surface area (Å²) < 4.78 is 84.1. The van der Waals surface area contributed by atoms with E-state index in [1.54, 1.807) is 24.3 Å². The van der Waals surface area contributed by atoms with E-state index in [9.17, 15) is 0 Å². The molecule has 15 aromatic rings. The zero-order valence-corrected chi connectivity index (χ0v) is 60.1. The number of ether oxygens (including phenoxy) is 2. The highest BCUT2D eigenvalue weighted by Gasteiger charge is 2.49. The normalized spacial score (nSPS) is 15.0. The Bertz CT molecular complexity index is 5620. The van der Waals surface area contributed by atoms with E-state index in [1.165, 1.54) is 23.3 Å². The van der Waals surface area contributed by atoms with Crippen LogP contribution in [-0.4, -0.2) is 0 Å². The zero-order chi connectivity index (χ0) is 73.7. The molecule has 2 atom stereocenters. The number of fused-ring (bicyclic) bond motifs is 9. The smallest absolute Gasteiger partial charge is 0.160 e. The molecule has 0 N–H and O–H groups in total. The second kappa shape index (κ2) is 26.2. The number of hydrogen-bond acceptors (Lipinski definition) is 5. The van der Waals surface area contributed by atoms with Crippen molar-refractivity contribution in [2.75, 3.05) is 9.80 Å². The molecule has 0 saturated carbocycles. The summed E-state index contributed by atoms with van der Waals surface area (Å²) in [6.07, 6.45) is 3.60. The molecule has 0 aliphatic heterocycles. The van der Waals surface area contributed by atoms with Gasteiger partial charge in [0, 0.05) is 45.7 Å². The largest absolute Gasteiger partial charge is 0.457 e. The lowest BCUT2D eigenvalue weighted by Crippen LogP contribution is -2.29. The maximum absolute atomic E-state index is 16.3. The Balaban J connectivity index is 0.853. The lowest BCUT2D eigenvalue weighted by atomic mass is 9.67. The van der Waals surface area contributed by atoms with Crippen LogP contribution in [0.1, 0.15) is 108 Å². The minimum Gasteiger partial charge on any atom is -0.457 e. The standard InChI is InChI=1S/C98H74F4N2O3/c1-9-61-25-45-73(46-26-61)105-75-49-37-67(38-50-75)97(65-33-29-63(30-34-65)95(3,4)5)83-21-13-11-17-77(83)79-53-41-69(57-85(79)97)103(71-43-55-87(99)89(101)59-71)91-23-15-19-81-82-20-16-24-92(94(82)107-93(81)91)104(72-44-56-88(100)90(102)60-72)70-42-54-80-78-18-12-14-22-84(78)98(86(80)58-70,66-35-31-64(32-36-66)96(6,7)8)68-39-51-76(52-40-68)106-74-47-27-62(10-2)28-48-74/h9-60H,1-2H2,3-8H3. The van der Waals surface area contributed by atoms with Gasteiger partial charge in [-0.05, 0) is 209 Å². The van der Waals surface area contributed by atoms with Crippen molar-refractivity contribution in [2.24, 2.45) is 0 Å². The molecule has 17 rings (SSSR count). The van der Waals surface area contributed by atoms with Crippen molar-refractivity contribution in [2.45, 2.75) is 63.2 Å². The fraction of sp³-hybridized carbons (Fsp3) is 0.102. The second-order valence-electron chi connectivity index (χ2n) is 29.8. The molecule has 2 aliphatic carbocycles. The molecule has 522 valence electrons. The van der Waals surface area contributed by atoms with Gasteiger partial charge in [-0.3, -0.25) is 0 Å². The Morgan fingerprint density at radius 1 is 0.318 bits per heavy atom. The number of halogens is 4. The van der Waals surface area contributed by atoms with Crippen molar-refractivity contribution >= 4 is 68.2 Å². The topological polar surface area (TPSA) is 38.1 Å². The highest BCUT2D eigenvalue weighted by molar-refractivity contribution is 6.14. The number of hydrogen-bond donors (Lipinski definition) is 0. The Labute approximate surface area is 620 Å². The molecule has 107 heavy (non-hydrogen) atoms. The van der Waals surface area contributed by atoms with Crippen LogP contribution < -0.4 is 19.3 Å². The molecule has 0 fully saturated rings. The first-order chi connectivity index (χ1) is 51.8. The molecule has 0 radical (unpaired) electrons. The minimum atomic E-state index is -1.03.